The number of likely N-dealkylation sites (tertiary alicyclic amines) is 1. The first-order chi connectivity index (χ1) is 19.4. The number of benzene rings is 1. The molecule has 6 heterocycles. The van der Waals surface area contributed by atoms with Crippen LogP contribution in [-0.2, 0) is 22.3 Å². The predicted octanol–water partition coefficient (Wildman–Crippen LogP) is 3.20. The number of pyridine rings is 1. The molecule has 3 aromatic heterocycles. The van der Waals surface area contributed by atoms with Crippen LogP contribution in [0, 0.1) is 18.3 Å². The van der Waals surface area contributed by atoms with Crippen molar-refractivity contribution in [3.63, 3.8) is 0 Å². The topological polar surface area (TPSA) is 115 Å². The number of carbonyl (C=O) groups excluding carboxylic acids is 2. The molecule has 3 saturated heterocycles. The lowest BCUT2D eigenvalue weighted by Crippen LogP contribution is -2.66. The van der Waals surface area contributed by atoms with E-state index in [1.165, 1.54) is 7.11 Å². The van der Waals surface area contributed by atoms with Gasteiger partial charge in [0.05, 0.1) is 43.0 Å². The molecule has 1 aromatic carbocycles. The van der Waals surface area contributed by atoms with Crippen molar-refractivity contribution in [3.05, 3.63) is 65.3 Å². The Hall–Kier alpha value is -4.25. The molecule has 0 bridgehead atoms. The van der Waals surface area contributed by atoms with Crippen LogP contribution in [0.15, 0.2) is 47.2 Å². The number of hydrogen-bond acceptors (Lipinski definition) is 9. The summed E-state index contributed by atoms with van der Waals surface area (Å²) in [6, 6.07) is 9.99. The zero-order chi connectivity index (χ0) is 27.4. The van der Waals surface area contributed by atoms with Gasteiger partial charge in [0.15, 0.2) is 5.78 Å². The zero-order valence-corrected chi connectivity index (χ0v) is 22.5. The Kier molecular flexibility index (Phi) is 5.85. The van der Waals surface area contributed by atoms with Gasteiger partial charge in [-0.3, -0.25) is 4.79 Å². The number of carbonyl (C=O) groups is 2. The fourth-order valence-corrected chi connectivity index (χ4v) is 5.85. The van der Waals surface area contributed by atoms with Crippen molar-refractivity contribution < 1.29 is 23.6 Å². The maximum atomic E-state index is 13.5. The molecule has 0 atom stereocenters. The molecule has 0 radical (unpaired) electrons. The Morgan fingerprint density at radius 1 is 1.15 bits per heavy atom. The molecule has 1 spiro atoms. The van der Waals surface area contributed by atoms with E-state index in [-0.39, 0.29) is 24.2 Å². The first kappa shape index (κ1) is 24.8. The van der Waals surface area contributed by atoms with Crippen LogP contribution in [0.1, 0.15) is 27.4 Å². The third-order valence-electron chi connectivity index (χ3n) is 8.32. The largest absolute Gasteiger partial charge is 0.453 e. The second-order valence-electron chi connectivity index (χ2n) is 11.3. The van der Waals surface area contributed by atoms with Gasteiger partial charge in [0, 0.05) is 62.4 Å². The van der Waals surface area contributed by atoms with E-state index in [4.69, 9.17) is 14.0 Å². The summed E-state index contributed by atoms with van der Waals surface area (Å²) in [5.74, 6) is 1.29. The first-order valence-electron chi connectivity index (χ1n) is 13.5. The van der Waals surface area contributed by atoms with Crippen LogP contribution in [0.25, 0.3) is 16.9 Å². The van der Waals surface area contributed by atoms with E-state index in [1.54, 1.807) is 15.6 Å². The average molecular weight is 543 g/mol. The minimum Gasteiger partial charge on any atom is -0.453 e. The SMILES string of the molecule is COC(=O)N1CC(Cc2nc(-c3ccc(C)c(CC(=O)c4cnn5ccc(N6CC7(COC7)C6)cc45)c3)no2)C1. The second kappa shape index (κ2) is 9.44. The summed E-state index contributed by atoms with van der Waals surface area (Å²) in [6.45, 7) is 6.85. The first-order valence-corrected chi connectivity index (χ1v) is 13.5. The number of aromatic nitrogens is 4. The number of ether oxygens (including phenoxy) is 2. The van der Waals surface area contributed by atoms with Crippen molar-refractivity contribution in [2.24, 2.45) is 11.3 Å². The molecule has 3 aliphatic rings. The van der Waals surface area contributed by atoms with Gasteiger partial charge in [0.25, 0.3) is 0 Å². The van der Waals surface area contributed by atoms with Gasteiger partial charge in [-0.05, 0) is 36.2 Å². The number of methoxy groups -OCH3 is 1. The number of ketones is 1. The Bertz CT molecular complexity index is 1610. The van der Waals surface area contributed by atoms with Gasteiger partial charge in [-0.25, -0.2) is 9.31 Å². The standard InChI is InChI=1S/C29H30N6O5/c1-18-3-4-20(27-31-26(40-32-27)7-19-12-33(13-19)28(37)38-2)8-21(18)9-25(36)23-11-30-35-6-5-22(10-24(23)35)34-14-29(15-34)16-39-17-29/h3-6,8,10-11,19H,7,9,12-17H2,1-2H3. The Balaban J connectivity index is 1.05. The number of amides is 1. The smallest absolute Gasteiger partial charge is 0.409 e. The van der Waals surface area contributed by atoms with Gasteiger partial charge in [-0.2, -0.15) is 10.1 Å². The van der Waals surface area contributed by atoms with Gasteiger partial charge < -0.3 is 23.8 Å². The predicted molar refractivity (Wildman–Crippen MR) is 144 cm³/mol. The van der Waals surface area contributed by atoms with Crippen LogP contribution in [-0.4, -0.2) is 83.0 Å². The molecular formula is C29H30N6O5. The van der Waals surface area contributed by atoms with Crippen LogP contribution in [0.3, 0.4) is 0 Å². The molecule has 0 aliphatic carbocycles. The van der Waals surface area contributed by atoms with E-state index < -0.39 is 0 Å². The average Bonchev–Trinajstić information content (AvgIpc) is 3.52. The number of fused-ring (bicyclic) bond motifs is 1. The highest BCUT2D eigenvalue weighted by atomic mass is 16.5. The van der Waals surface area contributed by atoms with Gasteiger partial charge in [-0.1, -0.05) is 17.3 Å². The zero-order valence-electron chi connectivity index (χ0n) is 22.5. The molecule has 4 aromatic rings. The van der Waals surface area contributed by atoms with Crippen LogP contribution in [0.4, 0.5) is 10.5 Å². The minimum atomic E-state index is -0.317. The number of Topliss-reactive ketones (excluding diaryl/α,β-unsaturated/α-hetero) is 1. The van der Waals surface area contributed by atoms with Gasteiger partial charge in [0.2, 0.25) is 11.7 Å². The second-order valence-corrected chi connectivity index (χ2v) is 11.3. The number of aryl methyl sites for hydroxylation is 1. The molecular weight excluding hydrogens is 512 g/mol. The van der Waals surface area contributed by atoms with Crippen molar-refractivity contribution in [1.29, 1.82) is 0 Å². The number of hydrogen-bond donors (Lipinski definition) is 0. The van der Waals surface area contributed by atoms with E-state index in [0.717, 1.165) is 54.2 Å². The summed E-state index contributed by atoms with van der Waals surface area (Å²) < 4.78 is 17.4. The van der Waals surface area contributed by atoms with Gasteiger partial charge in [-0.15, -0.1) is 0 Å². The van der Waals surface area contributed by atoms with Gasteiger partial charge >= 0.3 is 6.09 Å². The number of rotatable bonds is 7. The summed E-state index contributed by atoms with van der Waals surface area (Å²) >= 11 is 0. The lowest BCUT2D eigenvalue weighted by molar-refractivity contribution is -0.127. The van der Waals surface area contributed by atoms with Crippen LogP contribution in [0.5, 0.6) is 0 Å². The minimum absolute atomic E-state index is 0.00816. The van der Waals surface area contributed by atoms with E-state index in [0.29, 0.717) is 42.2 Å². The summed E-state index contributed by atoms with van der Waals surface area (Å²) in [5.41, 5.74) is 5.56. The van der Waals surface area contributed by atoms with Crippen molar-refractivity contribution in [3.8, 4) is 11.4 Å². The van der Waals surface area contributed by atoms with E-state index in [1.807, 2.05) is 37.4 Å². The van der Waals surface area contributed by atoms with E-state index in [2.05, 4.69) is 26.2 Å². The quantitative estimate of drug-likeness (QED) is 0.325. The summed E-state index contributed by atoms with van der Waals surface area (Å²) in [5, 5.41) is 8.59. The highest BCUT2D eigenvalue weighted by Gasteiger charge is 2.49. The van der Waals surface area contributed by atoms with E-state index >= 15 is 0 Å². The molecule has 7 rings (SSSR count). The Morgan fingerprint density at radius 3 is 2.73 bits per heavy atom. The van der Waals surface area contributed by atoms with Crippen LogP contribution in [0.2, 0.25) is 0 Å². The summed E-state index contributed by atoms with van der Waals surface area (Å²) in [6.07, 6.45) is 4.10. The molecule has 0 N–H and O–H groups in total. The molecule has 0 unspecified atom stereocenters. The Labute approximate surface area is 230 Å². The maximum absolute atomic E-state index is 13.5. The molecule has 206 valence electrons. The molecule has 3 aliphatic heterocycles. The highest BCUT2D eigenvalue weighted by molar-refractivity contribution is 6.03. The van der Waals surface area contributed by atoms with Crippen LogP contribution < -0.4 is 4.90 Å². The Morgan fingerprint density at radius 2 is 1.98 bits per heavy atom. The summed E-state index contributed by atoms with van der Waals surface area (Å²) in [4.78, 5) is 33.6. The maximum Gasteiger partial charge on any atom is 0.409 e. The lowest BCUT2D eigenvalue weighted by atomic mass is 9.78. The van der Waals surface area contributed by atoms with Crippen molar-refractivity contribution >= 4 is 23.1 Å². The molecule has 1 amide bonds. The molecule has 11 heteroatoms. The molecule has 11 nitrogen and oxygen atoms in total. The molecule has 0 saturated carbocycles. The molecule has 3 fully saturated rings. The van der Waals surface area contributed by atoms with Crippen LogP contribution >= 0.6 is 0 Å². The van der Waals surface area contributed by atoms with E-state index in [9.17, 15) is 9.59 Å². The molecule has 40 heavy (non-hydrogen) atoms. The van der Waals surface area contributed by atoms with Crippen molar-refractivity contribution in [2.45, 2.75) is 19.8 Å². The van der Waals surface area contributed by atoms with Crippen molar-refractivity contribution in [1.82, 2.24) is 24.7 Å². The van der Waals surface area contributed by atoms with Gasteiger partial charge in [0.1, 0.15) is 0 Å². The fourth-order valence-electron chi connectivity index (χ4n) is 5.85. The van der Waals surface area contributed by atoms with Crippen molar-refractivity contribution in [2.75, 3.05) is 51.4 Å². The fraction of sp³-hybridized carbons (Fsp3) is 0.414. The lowest BCUT2D eigenvalue weighted by Gasteiger charge is -2.56. The highest BCUT2D eigenvalue weighted by Crippen LogP contribution is 2.40. The normalized spacial score (nSPS) is 17.9. The third-order valence-corrected chi connectivity index (χ3v) is 8.32. The monoisotopic (exact) mass is 542 g/mol. The number of anilines is 1. The number of nitrogens with zero attached hydrogens (tertiary/aromatic N) is 6. The third kappa shape index (κ3) is 4.30. The summed E-state index contributed by atoms with van der Waals surface area (Å²) in [7, 11) is 1.38.